The summed E-state index contributed by atoms with van der Waals surface area (Å²) in [5.74, 6) is -0.156. The van der Waals surface area contributed by atoms with E-state index in [4.69, 9.17) is 0 Å². The Balaban J connectivity index is 3.69. The zero-order valence-corrected chi connectivity index (χ0v) is 9.05. The van der Waals surface area contributed by atoms with Crippen molar-refractivity contribution in [1.82, 2.24) is 10.4 Å². The van der Waals surface area contributed by atoms with Crippen LogP contribution in [0.25, 0.3) is 0 Å². The van der Waals surface area contributed by atoms with Crippen molar-refractivity contribution in [2.45, 2.75) is 27.2 Å². The van der Waals surface area contributed by atoms with Crippen molar-refractivity contribution in [3.05, 3.63) is 12.7 Å². The largest absolute Gasteiger partial charge is 0.286 e. The van der Waals surface area contributed by atoms with Crippen LogP contribution in [0.3, 0.4) is 0 Å². The minimum atomic E-state index is -0.156. The summed E-state index contributed by atoms with van der Waals surface area (Å²) in [4.78, 5) is 10.9. The van der Waals surface area contributed by atoms with Crippen molar-refractivity contribution >= 4 is 5.91 Å². The van der Waals surface area contributed by atoms with Crippen LogP contribution in [0.4, 0.5) is 0 Å². The van der Waals surface area contributed by atoms with Gasteiger partial charge in [0.15, 0.2) is 0 Å². The Morgan fingerprint density at radius 2 is 2.08 bits per heavy atom. The van der Waals surface area contributed by atoms with Crippen molar-refractivity contribution in [2.75, 3.05) is 13.6 Å². The molecule has 0 heterocycles. The first-order valence-electron chi connectivity index (χ1n) is 4.49. The van der Waals surface area contributed by atoms with E-state index in [1.807, 2.05) is 7.05 Å². The van der Waals surface area contributed by atoms with Gasteiger partial charge in [0.1, 0.15) is 0 Å². The molecule has 0 saturated heterocycles. The molecule has 0 aliphatic rings. The van der Waals surface area contributed by atoms with Gasteiger partial charge in [0.2, 0.25) is 0 Å². The molecule has 76 valence electrons. The van der Waals surface area contributed by atoms with E-state index < -0.39 is 0 Å². The normalized spacial score (nSPS) is 11.5. The highest BCUT2D eigenvalue weighted by Gasteiger charge is 2.11. The molecule has 0 aliphatic carbocycles. The molecule has 0 aromatic heterocycles. The van der Waals surface area contributed by atoms with Gasteiger partial charge in [-0.05, 0) is 17.9 Å². The summed E-state index contributed by atoms with van der Waals surface area (Å²) in [6, 6.07) is 0. The number of nitrogens with one attached hydrogen (secondary N) is 1. The van der Waals surface area contributed by atoms with E-state index in [2.05, 4.69) is 32.8 Å². The maximum atomic E-state index is 10.9. The summed E-state index contributed by atoms with van der Waals surface area (Å²) < 4.78 is 0. The molecule has 0 unspecified atom stereocenters. The molecule has 13 heavy (non-hydrogen) atoms. The van der Waals surface area contributed by atoms with Gasteiger partial charge in [0.05, 0.1) is 0 Å². The van der Waals surface area contributed by atoms with Crippen LogP contribution in [-0.4, -0.2) is 24.5 Å². The molecule has 0 atom stereocenters. The average molecular weight is 184 g/mol. The van der Waals surface area contributed by atoms with E-state index in [9.17, 15) is 4.79 Å². The number of hydrazine groups is 1. The quantitative estimate of drug-likeness (QED) is 0.531. The van der Waals surface area contributed by atoms with Crippen molar-refractivity contribution < 1.29 is 4.79 Å². The maximum Gasteiger partial charge on any atom is 0.257 e. The molecule has 0 aromatic carbocycles. The standard InChI is InChI=1S/C10H20N2O/c1-6-9(13)11-12(5)8-7-10(2,3)4/h6H,1,7-8H2,2-5H3,(H,11,13). The molecule has 0 spiro atoms. The fourth-order valence-electron chi connectivity index (χ4n) is 0.793. The smallest absolute Gasteiger partial charge is 0.257 e. The fourth-order valence-corrected chi connectivity index (χ4v) is 0.793. The number of amides is 1. The molecule has 1 amide bonds. The molecular formula is C10H20N2O. The van der Waals surface area contributed by atoms with Crippen molar-refractivity contribution in [3.63, 3.8) is 0 Å². The second kappa shape index (κ2) is 5.02. The minimum absolute atomic E-state index is 0.156. The Morgan fingerprint density at radius 1 is 1.54 bits per heavy atom. The molecule has 3 heteroatoms. The summed E-state index contributed by atoms with van der Waals surface area (Å²) in [6.07, 6.45) is 2.31. The average Bonchev–Trinajstić information content (AvgIpc) is 1.99. The van der Waals surface area contributed by atoms with Crippen LogP contribution in [0, 0.1) is 5.41 Å². The third kappa shape index (κ3) is 7.53. The molecule has 0 aromatic rings. The van der Waals surface area contributed by atoms with Crippen molar-refractivity contribution in [3.8, 4) is 0 Å². The first-order valence-corrected chi connectivity index (χ1v) is 4.49. The summed E-state index contributed by atoms with van der Waals surface area (Å²) in [7, 11) is 1.85. The highest BCUT2D eigenvalue weighted by atomic mass is 16.2. The molecule has 0 saturated carbocycles. The second-order valence-electron chi connectivity index (χ2n) is 4.41. The third-order valence-electron chi connectivity index (χ3n) is 1.68. The Kier molecular flexibility index (Phi) is 4.70. The summed E-state index contributed by atoms with van der Waals surface area (Å²) in [5.41, 5.74) is 2.98. The Hall–Kier alpha value is -0.830. The molecule has 0 aliphatic heterocycles. The van der Waals surface area contributed by atoms with Crippen molar-refractivity contribution in [1.29, 1.82) is 0 Å². The van der Waals surface area contributed by atoms with Gasteiger partial charge in [-0.25, -0.2) is 5.01 Å². The molecular weight excluding hydrogens is 164 g/mol. The lowest BCUT2D eigenvalue weighted by atomic mass is 9.92. The third-order valence-corrected chi connectivity index (χ3v) is 1.68. The van der Waals surface area contributed by atoms with Crippen LogP contribution in [0.15, 0.2) is 12.7 Å². The highest BCUT2D eigenvalue weighted by Crippen LogP contribution is 2.17. The van der Waals surface area contributed by atoms with E-state index in [1.54, 1.807) is 5.01 Å². The van der Waals surface area contributed by atoms with Gasteiger partial charge >= 0.3 is 0 Å². The fraction of sp³-hybridized carbons (Fsp3) is 0.700. The summed E-state index contributed by atoms with van der Waals surface area (Å²) in [5, 5.41) is 1.79. The van der Waals surface area contributed by atoms with Gasteiger partial charge in [-0.1, -0.05) is 27.4 Å². The summed E-state index contributed by atoms with van der Waals surface area (Å²) >= 11 is 0. The lowest BCUT2D eigenvalue weighted by molar-refractivity contribution is -0.120. The van der Waals surface area contributed by atoms with E-state index >= 15 is 0 Å². The van der Waals surface area contributed by atoms with Gasteiger partial charge in [-0.15, -0.1) is 0 Å². The van der Waals surface area contributed by atoms with E-state index in [-0.39, 0.29) is 5.91 Å². The Morgan fingerprint density at radius 3 is 2.46 bits per heavy atom. The van der Waals surface area contributed by atoms with E-state index in [1.165, 1.54) is 6.08 Å². The Labute approximate surface area is 80.8 Å². The van der Waals surface area contributed by atoms with Crippen molar-refractivity contribution in [2.24, 2.45) is 5.41 Å². The van der Waals surface area contributed by atoms with Gasteiger partial charge < -0.3 is 0 Å². The number of carbonyl (C=O) groups is 1. The number of carbonyl (C=O) groups excluding carboxylic acids is 1. The summed E-state index contributed by atoms with van der Waals surface area (Å²) in [6.45, 7) is 10.8. The van der Waals surface area contributed by atoms with Crippen LogP contribution < -0.4 is 5.43 Å². The molecule has 0 bridgehead atoms. The van der Waals surface area contributed by atoms with Gasteiger partial charge in [0, 0.05) is 13.6 Å². The number of hydrogen-bond donors (Lipinski definition) is 1. The molecule has 3 nitrogen and oxygen atoms in total. The highest BCUT2D eigenvalue weighted by molar-refractivity contribution is 5.86. The first-order chi connectivity index (χ1) is 5.85. The Bertz CT molecular complexity index is 182. The van der Waals surface area contributed by atoms with E-state index in [0.717, 1.165) is 13.0 Å². The molecule has 0 fully saturated rings. The van der Waals surface area contributed by atoms with Gasteiger partial charge in [-0.3, -0.25) is 10.2 Å². The predicted molar refractivity (Wildman–Crippen MR) is 55.0 cm³/mol. The predicted octanol–water partition coefficient (Wildman–Crippen LogP) is 1.57. The first kappa shape index (κ1) is 12.2. The minimum Gasteiger partial charge on any atom is -0.286 e. The second-order valence-corrected chi connectivity index (χ2v) is 4.41. The van der Waals surface area contributed by atoms with Crippen LogP contribution in [0.1, 0.15) is 27.2 Å². The van der Waals surface area contributed by atoms with Crippen LogP contribution >= 0.6 is 0 Å². The maximum absolute atomic E-state index is 10.9. The molecule has 0 rings (SSSR count). The molecule has 0 radical (unpaired) electrons. The van der Waals surface area contributed by atoms with Crippen LogP contribution in [0.5, 0.6) is 0 Å². The van der Waals surface area contributed by atoms with Gasteiger partial charge in [0.25, 0.3) is 5.91 Å². The van der Waals surface area contributed by atoms with Crippen LogP contribution in [0.2, 0.25) is 0 Å². The lowest BCUT2D eigenvalue weighted by Gasteiger charge is -2.23. The number of nitrogens with zero attached hydrogens (tertiary/aromatic N) is 1. The monoisotopic (exact) mass is 184 g/mol. The number of hydrogen-bond acceptors (Lipinski definition) is 2. The van der Waals surface area contributed by atoms with Crippen LogP contribution in [-0.2, 0) is 4.79 Å². The topological polar surface area (TPSA) is 32.3 Å². The zero-order chi connectivity index (χ0) is 10.5. The zero-order valence-electron chi connectivity index (χ0n) is 9.05. The SMILES string of the molecule is C=CC(=O)NN(C)CCC(C)(C)C. The molecule has 1 N–H and O–H groups in total. The van der Waals surface area contributed by atoms with Gasteiger partial charge in [-0.2, -0.15) is 0 Å². The number of rotatable bonds is 4. The lowest BCUT2D eigenvalue weighted by Crippen LogP contribution is -2.39. The van der Waals surface area contributed by atoms with E-state index in [0.29, 0.717) is 5.41 Å².